The summed E-state index contributed by atoms with van der Waals surface area (Å²) in [5, 5.41) is 8.05. The van der Waals surface area contributed by atoms with Crippen LogP contribution in [-0.4, -0.2) is 23.5 Å². The van der Waals surface area contributed by atoms with Crippen molar-refractivity contribution in [1.29, 1.82) is 0 Å². The van der Waals surface area contributed by atoms with E-state index in [0.29, 0.717) is 6.04 Å². The van der Waals surface area contributed by atoms with Gasteiger partial charge in [-0.15, -0.1) is 11.3 Å². The highest BCUT2D eigenvalue weighted by molar-refractivity contribution is 7.11. The SMILES string of the molecule is CCNC(=NCc1sc(C)nc1C)NC1CCCCC1. The molecule has 2 rings (SSSR count). The summed E-state index contributed by atoms with van der Waals surface area (Å²) in [5.74, 6) is 0.949. The monoisotopic (exact) mass is 294 g/mol. The summed E-state index contributed by atoms with van der Waals surface area (Å²) < 4.78 is 0. The molecule has 0 bridgehead atoms. The second-order valence-electron chi connectivity index (χ2n) is 5.42. The molecule has 5 heteroatoms. The molecule has 2 N–H and O–H groups in total. The van der Waals surface area contributed by atoms with Crippen LogP contribution in [0.15, 0.2) is 4.99 Å². The van der Waals surface area contributed by atoms with Gasteiger partial charge in [0.15, 0.2) is 5.96 Å². The predicted octanol–water partition coefficient (Wildman–Crippen LogP) is 3.15. The Labute approximate surface area is 126 Å². The van der Waals surface area contributed by atoms with E-state index in [0.717, 1.165) is 29.8 Å². The van der Waals surface area contributed by atoms with Crippen molar-refractivity contribution in [2.45, 2.75) is 65.5 Å². The zero-order chi connectivity index (χ0) is 14.4. The average Bonchev–Trinajstić information content (AvgIpc) is 2.76. The lowest BCUT2D eigenvalue weighted by molar-refractivity contribution is 0.410. The Morgan fingerprint density at radius 2 is 2.05 bits per heavy atom. The lowest BCUT2D eigenvalue weighted by Gasteiger charge is -2.24. The minimum absolute atomic E-state index is 0.589. The summed E-state index contributed by atoms with van der Waals surface area (Å²) in [4.78, 5) is 10.4. The van der Waals surface area contributed by atoms with Crippen LogP contribution in [0, 0.1) is 13.8 Å². The van der Waals surface area contributed by atoms with Gasteiger partial charge in [-0.1, -0.05) is 19.3 Å². The van der Waals surface area contributed by atoms with Gasteiger partial charge in [0, 0.05) is 17.5 Å². The van der Waals surface area contributed by atoms with Gasteiger partial charge in [-0.05, 0) is 33.6 Å². The highest BCUT2D eigenvalue weighted by Crippen LogP contribution is 2.19. The average molecular weight is 294 g/mol. The molecule has 0 spiro atoms. The standard InChI is InChI=1S/C15H26N4S/c1-4-16-15(19-13-8-6-5-7-9-13)17-10-14-11(2)18-12(3)20-14/h13H,4-10H2,1-3H3,(H2,16,17,19). The predicted molar refractivity (Wildman–Crippen MR) is 86.4 cm³/mol. The van der Waals surface area contributed by atoms with Crippen LogP contribution in [-0.2, 0) is 6.54 Å². The van der Waals surface area contributed by atoms with Crippen LogP contribution in [0.3, 0.4) is 0 Å². The van der Waals surface area contributed by atoms with Crippen LogP contribution in [0.5, 0.6) is 0 Å². The minimum atomic E-state index is 0.589. The van der Waals surface area contributed by atoms with E-state index in [1.165, 1.54) is 37.0 Å². The van der Waals surface area contributed by atoms with Gasteiger partial charge in [0.05, 0.1) is 17.2 Å². The molecule has 0 aliphatic heterocycles. The highest BCUT2D eigenvalue weighted by atomic mass is 32.1. The number of hydrogen-bond donors (Lipinski definition) is 2. The van der Waals surface area contributed by atoms with Crippen molar-refractivity contribution in [2.75, 3.05) is 6.54 Å². The number of nitrogens with zero attached hydrogens (tertiary/aromatic N) is 2. The van der Waals surface area contributed by atoms with Crippen molar-refractivity contribution in [3.63, 3.8) is 0 Å². The van der Waals surface area contributed by atoms with Gasteiger partial charge in [0.2, 0.25) is 0 Å². The Morgan fingerprint density at radius 3 is 2.65 bits per heavy atom. The third kappa shape index (κ3) is 4.47. The third-order valence-corrected chi connectivity index (χ3v) is 4.73. The van der Waals surface area contributed by atoms with Crippen molar-refractivity contribution >= 4 is 17.3 Å². The molecule has 4 nitrogen and oxygen atoms in total. The fourth-order valence-corrected chi connectivity index (χ4v) is 3.49. The van der Waals surface area contributed by atoms with E-state index < -0.39 is 0 Å². The Bertz CT molecular complexity index is 447. The van der Waals surface area contributed by atoms with Crippen molar-refractivity contribution in [1.82, 2.24) is 15.6 Å². The van der Waals surface area contributed by atoms with E-state index in [4.69, 9.17) is 4.99 Å². The lowest BCUT2D eigenvalue weighted by Crippen LogP contribution is -2.44. The van der Waals surface area contributed by atoms with Crippen molar-refractivity contribution in [3.05, 3.63) is 15.6 Å². The zero-order valence-corrected chi connectivity index (χ0v) is 13.6. The Kier molecular flexibility index (Phi) is 5.83. The van der Waals surface area contributed by atoms with E-state index in [-0.39, 0.29) is 0 Å². The van der Waals surface area contributed by atoms with Gasteiger partial charge < -0.3 is 10.6 Å². The Hall–Kier alpha value is -1.10. The number of aromatic nitrogens is 1. The molecule has 1 aromatic heterocycles. The molecule has 0 radical (unpaired) electrons. The summed E-state index contributed by atoms with van der Waals surface area (Å²) in [6, 6.07) is 0.589. The molecule has 1 fully saturated rings. The van der Waals surface area contributed by atoms with E-state index in [2.05, 4.69) is 36.4 Å². The molecule has 0 atom stereocenters. The van der Waals surface area contributed by atoms with Crippen LogP contribution >= 0.6 is 11.3 Å². The van der Waals surface area contributed by atoms with E-state index in [1.807, 2.05) is 0 Å². The lowest BCUT2D eigenvalue weighted by atomic mass is 9.96. The number of thiazole rings is 1. The molecule has 1 aliphatic rings. The zero-order valence-electron chi connectivity index (χ0n) is 12.8. The summed E-state index contributed by atoms with van der Waals surface area (Å²) in [6.45, 7) is 7.85. The molecule has 112 valence electrons. The van der Waals surface area contributed by atoms with Crippen molar-refractivity contribution < 1.29 is 0 Å². The number of aliphatic imine (C=N–C) groups is 1. The number of hydrogen-bond acceptors (Lipinski definition) is 3. The second kappa shape index (κ2) is 7.62. The summed E-state index contributed by atoms with van der Waals surface area (Å²) >= 11 is 1.75. The molecule has 1 aromatic rings. The third-order valence-electron chi connectivity index (χ3n) is 3.67. The maximum absolute atomic E-state index is 4.72. The van der Waals surface area contributed by atoms with E-state index in [1.54, 1.807) is 11.3 Å². The van der Waals surface area contributed by atoms with Gasteiger partial charge >= 0.3 is 0 Å². The number of nitrogens with one attached hydrogen (secondary N) is 2. The number of rotatable bonds is 4. The van der Waals surface area contributed by atoms with E-state index >= 15 is 0 Å². The molecule has 20 heavy (non-hydrogen) atoms. The van der Waals surface area contributed by atoms with Crippen molar-refractivity contribution in [3.8, 4) is 0 Å². The van der Waals surface area contributed by atoms with Crippen LogP contribution in [0.4, 0.5) is 0 Å². The largest absolute Gasteiger partial charge is 0.357 e. The minimum Gasteiger partial charge on any atom is -0.357 e. The van der Waals surface area contributed by atoms with Crippen LogP contribution in [0.25, 0.3) is 0 Å². The Morgan fingerprint density at radius 1 is 1.30 bits per heavy atom. The maximum Gasteiger partial charge on any atom is 0.191 e. The van der Waals surface area contributed by atoms with Gasteiger partial charge in [0.1, 0.15) is 0 Å². The molecule has 1 heterocycles. The molecule has 0 aromatic carbocycles. The first-order valence-electron chi connectivity index (χ1n) is 7.66. The molecular formula is C15H26N4S. The molecule has 0 amide bonds. The van der Waals surface area contributed by atoms with Crippen LogP contribution in [0.2, 0.25) is 0 Å². The summed E-state index contributed by atoms with van der Waals surface area (Å²) in [5.41, 5.74) is 1.12. The highest BCUT2D eigenvalue weighted by Gasteiger charge is 2.14. The first kappa shape index (κ1) is 15.3. The van der Waals surface area contributed by atoms with Gasteiger partial charge in [-0.3, -0.25) is 0 Å². The van der Waals surface area contributed by atoms with Gasteiger partial charge in [-0.2, -0.15) is 0 Å². The van der Waals surface area contributed by atoms with E-state index in [9.17, 15) is 0 Å². The maximum atomic E-state index is 4.72. The second-order valence-corrected chi connectivity index (χ2v) is 6.70. The quantitative estimate of drug-likeness (QED) is 0.662. The molecule has 1 saturated carbocycles. The normalized spacial score (nSPS) is 17.2. The van der Waals surface area contributed by atoms with Crippen LogP contribution in [0.1, 0.15) is 54.6 Å². The van der Waals surface area contributed by atoms with Crippen molar-refractivity contribution in [2.24, 2.45) is 4.99 Å². The summed E-state index contributed by atoms with van der Waals surface area (Å²) in [6.07, 6.45) is 6.59. The molecule has 0 saturated heterocycles. The molecule has 1 aliphatic carbocycles. The molecular weight excluding hydrogens is 268 g/mol. The Balaban J connectivity index is 1.95. The first-order valence-corrected chi connectivity index (χ1v) is 8.48. The van der Waals surface area contributed by atoms with Gasteiger partial charge in [-0.25, -0.2) is 9.98 Å². The fraction of sp³-hybridized carbons (Fsp3) is 0.733. The smallest absolute Gasteiger partial charge is 0.191 e. The van der Waals surface area contributed by atoms with Gasteiger partial charge in [0.25, 0.3) is 0 Å². The van der Waals surface area contributed by atoms with Crippen LogP contribution < -0.4 is 10.6 Å². The first-order chi connectivity index (χ1) is 9.69. The molecule has 0 unspecified atom stereocenters. The fourth-order valence-electron chi connectivity index (χ4n) is 2.63. The number of aryl methyl sites for hydroxylation is 2. The summed E-state index contributed by atoms with van der Waals surface area (Å²) in [7, 11) is 0. The topological polar surface area (TPSA) is 49.3 Å². The number of guanidine groups is 1.